The SMILES string of the molecule is Cc1ccc2cc3c(nc2c1)N(S(=O)(=O)c1ccccc1)CC3. The number of hydrogen-bond donors (Lipinski definition) is 0. The van der Waals surface area contributed by atoms with Crippen LogP contribution in [0.25, 0.3) is 10.9 Å². The number of rotatable bonds is 2. The van der Waals surface area contributed by atoms with Crippen LogP contribution in [0.3, 0.4) is 0 Å². The minimum Gasteiger partial charge on any atom is -0.249 e. The molecule has 23 heavy (non-hydrogen) atoms. The maximum absolute atomic E-state index is 12.9. The van der Waals surface area contributed by atoms with E-state index >= 15 is 0 Å². The predicted octanol–water partition coefficient (Wildman–Crippen LogP) is 3.29. The Balaban J connectivity index is 1.87. The molecular formula is C18H16N2O2S. The van der Waals surface area contributed by atoms with Crippen molar-refractivity contribution in [3.05, 3.63) is 65.7 Å². The van der Waals surface area contributed by atoms with Crippen molar-refractivity contribution in [2.24, 2.45) is 0 Å². The summed E-state index contributed by atoms with van der Waals surface area (Å²) in [6.07, 6.45) is 0.693. The van der Waals surface area contributed by atoms with E-state index in [1.165, 1.54) is 4.31 Å². The van der Waals surface area contributed by atoms with Gasteiger partial charge in [0.2, 0.25) is 0 Å². The van der Waals surface area contributed by atoms with Crippen LogP contribution in [0.2, 0.25) is 0 Å². The molecule has 4 nitrogen and oxygen atoms in total. The first kappa shape index (κ1) is 14.2. The smallest absolute Gasteiger partial charge is 0.249 e. The van der Waals surface area contributed by atoms with Gasteiger partial charge in [0, 0.05) is 11.9 Å². The van der Waals surface area contributed by atoms with Crippen LogP contribution < -0.4 is 4.31 Å². The van der Waals surface area contributed by atoms with Gasteiger partial charge in [-0.25, -0.2) is 17.7 Å². The van der Waals surface area contributed by atoms with Gasteiger partial charge in [0.1, 0.15) is 5.82 Å². The third kappa shape index (κ3) is 2.28. The van der Waals surface area contributed by atoms with Gasteiger partial charge in [-0.15, -0.1) is 0 Å². The van der Waals surface area contributed by atoms with Gasteiger partial charge in [-0.2, -0.15) is 0 Å². The van der Waals surface area contributed by atoms with Gasteiger partial charge in [0.25, 0.3) is 10.0 Å². The minimum absolute atomic E-state index is 0.305. The second kappa shape index (κ2) is 5.06. The number of sulfonamides is 1. The third-order valence-corrected chi connectivity index (χ3v) is 5.98. The Morgan fingerprint density at radius 3 is 2.61 bits per heavy atom. The van der Waals surface area contributed by atoms with Gasteiger partial charge >= 0.3 is 0 Å². The molecule has 4 rings (SSSR count). The standard InChI is InChI=1S/C18H16N2O2S/c1-13-7-8-14-12-15-9-10-20(18(15)19-17(14)11-13)23(21,22)16-5-3-2-4-6-16/h2-8,11-12H,9-10H2,1H3. The molecule has 0 bridgehead atoms. The highest BCUT2D eigenvalue weighted by atomic mass is 32.2. The molecule has 0 fully saturated rings. The van der Waals surface area contributed by atoms with E-state index in [2.05, 4.69) is 11.1 Å². The highest BCUT2D eigenvalue weighted by molar-refractivity contribution is 7.92. The summed E-state index contributed by atoms with van der Waals surface area (Å²) in [6, 6.07) is 16.7. The maximum atomic E-state index is 12.9. The largest absolute Gasteiger partial charge is 0.265 e. The Morgan fingerprint density at radius 2 is 1.83 bits per heavy atom. The lowest BCUT2D eigenvalue weighted by atomic mass is 10.1. The molecule has 116 valence electrons. The molecule has 1 aliphatic rings. The molecule has 0 aliphatic carbocycles. The number of anilines is 1. The van der Waals surface area contributed by atoms with Crippen LogP contribution in [0.4, 0.5) is 5.82 Å². The van der Waals surface area contributed by atoms with Crippen molar-refractivity contribution in [1.29, 1.82) is 0 Å². The Kier molecular flexibility index (Phi) is 3.13. The molecular weight excluding hydrogens is 308 g/mol. The Labute approximate surface area is 135 Å². The summed E-state index contributed by atoms with van der Waals surface area (Å²) in [7, 11) is -3.56. The lowest BCUT2D eigenvalue weighted by molar-refractivity contribution is 0.592. The fraction of sp³-hybridized carbons (Fsp3) is 0.167. The summed E-state index contributed by atoms with van der Waals surface area (Å²) in [5.74, 6) is 0.562. The van der Waals surface area contributed by atoms with Crippen LogP contribution in [-0.2, 0) is 16.4 Å². The van der Waals surface area contributed by atoms with E-state index in [0.717, 1.165) is 22.0 Å². The van der Waals surface area contributed by atoms with E-state index in [-0.39, 0.29) is 0 Å². The average Bonchev–Trinajstić information content (AvgIpc) is 2.97. The van der Waals surface area contributed by atoms with Crippen LogP contribution in [0.5, 0.6) is 0 Å². The zero-order valence-electron chi connectivity index (χ0n) is 12.7. The number of aromatic nitrogens is 1. The summed E-state index contributed by atoms with van der Waals surface area (Å²) < 4.78 is 27.2. The van der Waals surface area contributed by atoms with Crippen LogP contribution in [0, 0.1) is 6.92 Å². The molecule has 0 amide bonds. The first-order valence-electron chi connectivity index (χ1n) is 7.54. The van der Waals surface area contributed by atoms with Gasteiger partial charge in [-0.05, 0) is 48.7 Å². The molecule has 0 saturated carbocycles. The minimum atomic E-state index is -3.56. The Morgan fingerprint density at radius 1 is 1.04 bits per heavy atom. The fourth-order valence-electron chi connectivity index (χ4n) is 2.99. The average molecular weight is 324 g/mol. The van der Waals surface area contributed by atoms with E-state index in [9.17, 15) is 8.42 Å². The number of nitrogens with zero attached hydrogens (tertiary/aromatic N) is 2. The van der Waals surface area contributed by atoms with E-state index < -0.39 is 10.0 Å². The summed E-state index contributed by atoms with van der Waals surface area (Å²) in [5.41, 5.74) is 2.93. The quantitative estimate of drug-likeness (QED) is 0.727. The van der Waals surface area contributed by atoms with Crippen LogP contribution in [0.1, 0.15) is 11.1 Å². The molecule has 0 atom stereocenters. The molecule has 0 N–H and O–H groups in total. The summed E-state index contributed by atoms with van der Waals surface area (Å²) in [6.45, 7) is 2.45. The van der Waals surface area contributed by atoms with E-state index in [1.807, 2.05) is 31.2 Å². The maximum Gasteiger partial charge on any atom is 0.265 e. The monoisotopic (exact) mass is 324 g/mol. The highest BCUT2D eigenvalue weighted by Gasteiger charge is 2.32. The normalized spacial score (nSPS) is 14.2. The number of benzene rings is 2. The first-order chi connectivity index (χ1) is 11.1. The molecule has 0 saturated heterocycles. The number of pyridine rings is 1. The fourth-order valence-corrected chi connectivity index (χ4v) is 4.47. The second-order valence-corrected chi connectivity index (χ2v) is 7.67. The topological polar surface area (TPSA) is 50.3 Å². The zero-order valence-corrected chi connectivity index (χ0v) is 13.5. The molecule has 1 aliphatic heterocycles. The van der Waals surface area contributed by atoms with Gasteiger partial charge in [-0.1, -0.05) is 30.3 Å². The van der Waals surface area contributed by atoms with Crippen molar-refractivity contribution in [3.8, 4) is 0 Å². The summed E-state index contributed by atoms with van der Waals surface area (Å²) in [5, 5.41) is 1.05. The number of aryl methyl sites for hydroxylation is 1. The summed E-state index contributed by atoms with van der Waals surface area (Å²) >= 11 is 0. The number of fused-ring (bicyclic) bond motifs is 2. The van der Waals surface area contributed by atoms with Crippen molar-refractivity contribution in [2.75, 3.05) is 10.8 Å². The Hall–Kier alpha value is -2.40. The lowest BCUT2D eigenvalue weighted by Gasteiger charge is -2.18. The van der Waals surface area contributed by atoms with Gasteiger partial charge < -0.3 is 0 Å². The van der Waals surface area contributed by atoms with Crippen molar-refractivity contribution in [2.45, 2.75) is 18.2 Å². The number of hydrogen-bond acceptors (Lipinski definition) is 3. The van der Waals surface area contributed by atoms with E-state index in [1.54, 1.807) is 24.3 Å². The molecule has 1 aromatic heterocycles. The van der Waals surface area contributed by atoms with Gasteiger partial charge in [0.05, 0.1) is 10.4 Å². The van der Waals surface area contributed by atoms with E-state index in [4.69, 9.17) is 0 Å². The highest BCUT2D eigenvalue weighted by Crippen LogP contribution is 2.33. The third-order valence-electron chi connectivity index (χ3n) is 4.18. The van der Waals surface area contributed by atoms with Crippen molar-refractivity contribution in [3.63, 3.8) is 0 Å². The molecule has 0 spiro atoms. The van der Waals surface area contributed by atoms with Crippen molar-refractivity contribution < 1.29 is 8.42 Å². The predicted molar refractivity (Wildman–Crippen MR) is 91.2 cm³/mol. The lowest BCUT2D eigenvalue weighted by Crippen LogP contribution is -2.29. The van der Waals surface area contributed by atoms with Crippen LogP contribution in [0.15, 0.2) is 59.5 Å². The first-order valence-corrected chi connectivity index (χ1v) is 8.98. The van der Waals surface area contributed by atoms with Crippen LogP contribution in [-0.4, -0.2) is 19.9 Å². The van der Waals surface area contributed by atoms with Gasteiger partial charge in [-0.3, -0.25) is 0 Å². The molecule has 5 heteroatoms. The zero-order chi connectivity index (χ0) is 16.0. The molecule has 0 unspecified atom stereocenters. The Bertz CT molecular complexity index is 998. The molecule has 2 aromatic carbocycles. The van der Waals surface area contributed by atoms with Crippen molar-refractivity contribution >= 4 is 26.7 Å². The van der Waals surface area contributed by atoms with Gasteiger partial charge in [0.15, 0.2) is 0 Å². The van der Waals surface area contributed by atoms with Crippen LogP contribution >= 0.6 is 0 Å². The van der Waals surface area contributed by atoms with E-state index in [0.29, 0.717) is 23.7 Å². The summed E-state index contributed by atoms with van der Waals surface area (Å²) in [4.78, 5) is 4.94. The second-order valence-electron chi connectivity index (χ2n) is 5.81. The van der Waals surface area contributed by atoms with Crippen molar-refractivity contribution in [1.82, 2.24) is 4.98 Å². The molecule has 2 heterocycles. The molecule has 3 aromatic rings. The molecule has 0 radical (unpaired) electrons.